The summed E-state index contributed by atoms with van der Waals surface area (Å²) < 4.78 is 0. The predicted molar refractivity (Wildman–Crippen MR) is 149 cm³/mol. The number of fused-ring (bicyclic) bond motifs is 4. The molecular formula is C32H24N4. The lowest BCUT2D eigenvalue weighted by Gasteiger charge is -2.29. The van der Waals surface area contributed by atoms with Crippen LogP contribution in [0.1, 0.15) is 5.56 Å². The number of anilines is 6. The van der Waals surface area contributed by atoms with Gasteiger partial charge in [-0.2, -0.15) is 0 Å². The van der Waals surface area contributed by atoms with Gasteiger partial charge in [-0.05, 0) is 72.3 Å². The molecule has 4 heteroatoms. The fourth-order valence-corrected chi connectivity index (χ4v) is 5.12. The smallest absolute Gasteiger partial charge is 0.216 e. The van der Waals surface area contributed by atoms with Crippen molar-refractivity contribution in [3.05, 3.63) is 139 Å². The third kappa shape index (κ3) is 3.35. The predicted octanol–water partition coefficient (Wildman–Crippen LogP) is 8.32. The Hall–Kier alpha value is -4.83. The van der Waals surface area contributed by atoms with Crippen molar-refractivity contribution < 1.29 is 0 Å². The summed E-state index contributed by atoms with van der Waals surface area (Å²) in [6, 6.07) is 46.7. The van der Waals surface area contributed by atoms with Gasteiger partial charge in [-0.3, -0.25) is 4.90 Å². The number of aliphatic imine (C=N–C) groups is 1. The summed E-state index contributed by atoms with van der Waals surface area (Å²) in [5.74, 6) is 0.950. The van der Waals surface area contributed by atoms with Gasteiger partial charge >= 0.3 is 0 Å². The quantitative estimate of drug-likeness (QED) is 0.267. The standard InChI is InChI=1S/C32H24N4/c1-3-12-25(13-4-1)35(26-14-5-2-6-15-26)27-19-21-28(22-20-27)36-31-18-10-9-17-30(31)34-23-24-11-7-8-16-29(24)33-32(34)36/h1-22H,23H2. The van der Waals surface area contributed by atoms with Gasteiger partial charge in [0.1, 0.15) is 0 Å². The van der Waals surface area contributed by atoms with Crippen molar-refractivity contribution in [3.63, 3.8) is 0 Å². The van der Waals surface area contributed by atoms with Crippen molar-refractivity contribution in [2.45, 2.75) is 6.54 Å². The summed E-state index contributed by atoms with van der Waals surface area (Å²) in [7, 11) is 0. The van der Waals surface area contributed by atoms with E-state index >= 15 is 0 Å². The average molecular weight is 465 g/mol. The lowest BCUT2D eigenvalue weighted by molar-refractivity contribution is 0.985. The Kier molecular flexibility index (Phi) is 4.81. The van der Waals surface area contributed by atoms with Crippen LogP contribution in [0.2, 0.25) is 0 Å². The molecule has 5 aromatic rings. The summed E-state index contributed by atoms with van der Waals surface area (Å²) in [4.78, 5) is 12.0. The zero-order valence-corrected chi connectivity index (χ0v) is 19.7. The van der Waals surface area contributed by atoms with Gasteiger partial charge < -0.3 is 9.80 Å². The van der Waals surface area contributed by atoms with E-state index in [2.05, 4.69) is 148 Å². The number of nitrogens with zero attached hydrogens (tertiary/aromatic N) is 4. The molecule has 0 saturated heterocycles. The normalized spacial score (nSPS) is 13.5. The molecule has 0 amide bonds. The van der Waals surface area contributed by atoms with Crippen LogP contribution in [0.25, 0.3) is 0 Å². The largest absolute Gasteiger partial charge is 0.311 e. The molecule has 5 aromatic carbocycles. The highest BCUT2D eigenvalue weighted by atomic mass is 15.4. The fourth-order valence-electron chi connectivity index (χ4n) is 5.12. The van der Waals surface area contributed by atoms with Crippen LogP contribution in [0.4, 0.5) is 39.8 Å². The highest BCUT2D eigenvalue weighted by Gasteiger charge is 2.36. The first-order valence-corrected chi connectivity index (χ1v) is 12.2. The molecule has 0 aromatic heterocycles. The second-order valence-electron chi connectivity index (χ2n) is 8.97. The van der Waals surface area contributed by atoms with Crippen LogP contribution in [-0.2, 0) is 6.54 Å². The van der Waals surface area contributed by atoms with E-state index in [-0.39, 0.29) is 0 Å². The van der Waals surface area contributed by atoms with Crippen molar-refractivity contribution in [3.8, 4) is 0 Å². The Bertz CT molecular complexity index is 1520. The average Bonchev–Trinajstić information content (AvgIpc) is 3.27. The van der Waals surface area contributed by atoms with Crippen molar-refractivity contribution in [2.75, 3.05) is 14.7 Å². The number of rotatable bonds is 4. The maximum absolute atomic E-state index is 5.09. The van der Waals surface area contributed by atoms with Gasteiger partial charge in [-0.1, -0.05) is 66.7 Å². The molecule has 0 bridgehead atoms. The first-order valence-electron chi connectivity index (χ1n) is 12.2. The van der Waals surface area contributed by atoms with Gasteiger partial charge in [0.2, 0.25) is 5.96 Å². The SMILES string of the molecule is c1ccc(N(c2ccccc2)c2ccc(N3C4=Nc5ccccc5CN4c4ccccc43)cc2)cc1. The van der Waals surface area contributed by atoms with Crippen LogP contribution >= 0.6 is 0 Å². The Morgan fingerprint density at radius 1 is 0.528 bits per heavy atom. The monoisotopic (exact) mass is 464 g/mol. The molecule has 2 aliphatic heterocycles. The van der Waals surface area contributed by atoms with Crippen molar-refractivity contribution in [1.82, 2.24) is 0 Å². The molecule has 4 nitrogen and oxygen atoms in total. The summed E-state index contributed by atoms with van der Waals surface area (Å²) in [6.07, 6.45) is 0. The molecule has 0 spiro atoms. The third-order valence-corrected chi connectivity index (χ3v) is 6.79. The van der Waals surface area contributed by atoms with E-state index in [0.717, 1.165) is 46.6 Å². The minimum absolute atomic E-state index is 0.816. The number of para-hydroxylation sites is 5. The van der Waals surface area contributed by atoms with Crippen LogP contribution in [0.15, 0.2) is 138 Å². The Morgan fingerprint density at radius 3 is 1.78 bits per heavy atom. The minimum Gasteiger partial charge on any atom is -0.311 e. The molecule has 0 atom stereocenters. The minimum atomic E-state index is 0.816. The van der Waals surface area contributed by atoms with E-state index in [1.807, 2.05) is 0 Å². The number of hydrogen-bond donors (Lipinski definition) is 0. The molecule has 172 valence electrons. The highest BCUT2D eigenvalue weighted by molar-refractivity contribution is 6.21. The van der Waals surface area contributed by atoms with Gasteiger partial charge in [0, 0.05) is 22.7 Å². The summed E-state index contributed by atoms with van der Waals surface area (Å²) in [5, 5.41) is 0. The summed E-state index contributed by atoms with van der Waals surface area (Å²) in [6.45, 7) is 0.816. The van der Waals surface area contributed by atoms with E-state index in [1.165, 1.54) is 11.3 Å². The van der Waals surface area contributed by atoms with Crippen molar-refractivity contribution in [2.24, 2.45) is 4.99 Å². The van der Waals surface area contributed by atoms with E-state index in [9.17, 15) is 0 Å². The Labute approximate surface area is 211 Å². The molecule has 7 rings (SSSR count). The van der Waals surface area contributed by atoms with Crippen LogP contribution in [0.5, 0.6) is 0 Å². The molecule has 0 aliphatic carbocycles. The fraction of sp³-hybridized carbons (Fsp3) is 0.0312. The summed E-state index contributed by atoms with van der Waals surface area (Å²) in [5.41, 5.74) is 9.08. The first-order chi connectivity index (χ1) is 17.9. The van der Waals surface area contributed by atoms with Gasteiger partial charge in [0.25, 0.3) is 0 Å². The molecule has 0 radical (unpaired) electrons. The van der Waals surface area contributed by atoms with E-state index in [4.69, 9.17) is 4.99 Å². The molecule has 2 heterocycles. The molecule has 0 N–H and O–H groups in total. The van der Waals surface area contributed by atoms with Crippen LogP contribution in [0.3, 0.4) is 0 Å². The van der Waals surface area contributed by atoms with E-state index in [1.54, 1.807) is 0 Å². The molecule has 0 saturated carbocycles. The number of guanidine groups is 1. The molecule has 0 fully saturated rings. The zero-order chi connectivity index (χ0) is 23.9. The topological polar surface area (TPSA) is 22.1 Å². The van der Waals surface area contributed by atoms with Crippen molar-refractivity contribution >= 4 is 45.8 Å². The Balaban J connectivity index is 1.32. The van der Waals surface area contributed by atoms with E-state index in [0.29, 0.717) is 0 Å². The van der Waals surface area contributed by atoms with Crippen LogP contribution in [-0.4, -0.2) is 5.96 Å². The molecule has 36 heavy (non-hydrogen) atoms. The number of hydrogen-bond acceptors (Lipinski definition) is 4. The molecule has 0 unspecified atom stereocenters. The maximum Gasteiger partial charge on any atom is 0.216 e. The van der Waals surface area contributed by atoms with E-state index < -0.39 is 0 Å². The molecule has 2 aliphatic rings. The summed E-state index contributed by atoms with van der Waals surface area (Å²) >= 11 is 0. The molecular weight excluding hydrogens is 440 g/mol. The maximum atomic E-state index is 5.09. The highest BCUT2D eigenvalue weighted by Crippen LogP contribution is 2.46. The van der Waals surface area contributed by atoms with Crippen molar-refractivity contribution in [1.29, 1.82) is 0 Å². The van der Waals surface area contributed by atoms with Gasteiger partial charge in [-0.15, -0.1) is 0 Å². The Morgan fingerprint density at radius 2 is 1.08 bits per heavy atom. The van der Waals surface area contributed by atoms with Gasteiger partial charge in [-0.25, -0.2) is 4.99 Å². The first kappa shape index (κ1) is 20.5. The van der Waals surface area contributed by atoms with Crippen LogP contribution < -0.4 is 14.7 Å². The number of benzene rings is 5. The second kappa shape index (κ2) is 8.43. The van der Waals surface area contributed by atoms with Crippen LogP contribution in [0, 0.1) is 0 Å². The lowest BCUT2D eigenvalue weighted by Crippen LogP contribution is -2.37. The third-order valence-electron chi connectivity index (χ3n) is 6.79. The second-order valence-corrected chi connectivity index (χ2v) is 8.97. The lowest BCUT2D eigenvalue weighted by atomic mass is 10.1. The van der Waals surface area contributed by atoms with Gasteiger partial charge in [0.15, 0.2) is 0 Å². The zero-order valence-electron chi connectivity index (χ0n) is 19.7. The van der Waals surface area contributed by atoms with Gasteiger partial charge in [0.05, 0.1) is 23.6 Å².